The summed E-state index contributed by atoms with van der Waals surface area (Å²) in [5.41, 5.74) is 0. The van der Waals surface area contributed by atoms with Crippen LogP contribution in [0.1, 0.15) is 25.7 Å². The molecule has 14 heavy (non-hydrogen) atoms. The molecule has 86 valence electrons. The van der Waals surface area contributed by atoms with Gasteiger partial charge >= 0.3 is 0 Å². The molecule has 0 aromatic rings. The van der Waals surface area contributed by atoms with Crippen molar-refractivity contribution >= 4 is 9.84 Å². The van der Waals surface area contributed by atoms with E-state index in [9.17, 15) is 8.42 Å². The molecule has 0 aromatic carbocycles. The third kappa shape index (κ3) is 11.9. The minimum atomic E-state index is -2.80. The molecule has 0 saturated heterocycles. The zero-order chi connectivity index (χ0) is 10.9. The molecule has 0 fully saturated rings. The molecule has 2 N–H and O–H groups in total. The molecule has 0 spiro atoms. The molecule has 0 rings (SSSR count). The fraction of sp³-hybridized carbons (Fsp3) is 1.00. The molecule has 0 radical (unpaired) electrons. The molecule has 0 saturated carbocycles. The lowest BCUT2D eigenvalue weighted by atomic mass is 10.2. The van der Waals surface area contributed by atoms with Crippen molar-refractivity contribution in [3.63, 3.8) is 0 Å². The topological polar surface area (TPSA) is 66.4 Å². The summed E-state index contributed by atoms with van der Waals surface area (Å²) in [4.78, 5) is 0. The number of hydrogen-bond acceptors (Lipinski definition) is 4. The zero-order valence-electron chi connectivity index (χ0n) is 8.83. The summed E-state index contributed by atoms with van der Waals surface area (Å²) in [5.74, 6) is 0.261. The van der Waals surface area contributed by atoms with E-state index in [2.05, 4.69) is 5.32 Å². The van der Waals surface area contributed by atoms with E-state index in [0.29, 0.717) is 6.42 Å². The highest BCUT2D eigenvalue weighted by atomic mass is 32.2. The predicted octanol–water partition coefficient (Wildman–Crippen LogP) is 0.173. The normalized spacial score (nSPS) is 11.9. The van der Waals surface area contributed by atoms with Crippen molar-refractivity contribution in [2.24, 2.45) is 0 Å². The number of sulfone groups is 1. The fourth-order valence-corrected chi connectivity index (χ4v) is 1.79. The van der Waals surface area contributed by atoms with Crippen LogP contribution in [0.25, 0.3) is 0 Å². The van der Waals surface area contributed by atoms with E-state index in [1.54, 1.807) is 0 Å². The molecule has 0 heterocycles. The number of aliphatic hydroxyl groups is 1. The molecule has 5 heteroatoms. The van der Waals surface area contributed by atoms with Gasteiger partial charge in [0.25, 0.3) is 0 Å². The standard InChI is InChI=1S/C9H21NO3S/c1-14(12,13)9-5-7-10-6-3-2-4-8-11/h10-11H,2-9H2,1H3. The SMILES string of the molecule is CS(=O)(=O)CCCNCCCCCO. The van der Waals surface area contributed by atoms with Gasteiger partial charge in [0, 0.05) is 12.9 Å². The van der Waals surface area contributed by atoms with Crippen molar-refractivity contribution in [1.29, 1.82) is 0 Å². The third-order valence-electron chi connectivity index (χ3n) is 1.88. The highest BCUT2D eigenvalue weighted by Crippen LogP contribution is 1.92. The van der Waals surface area contributed by atoms with Crippen LogP contribution in [0.5, 0.6) is 0 Å². The summed E-state index contributed by atoms with van der Waals surface area (Å²) in [6.07, 6.45) is 4.85. The van der Waals surface area contributed by atoms with Gasteiger partial charge in [-0.25, -0.2) is 8.42 Å². The second-order valence-electron chi connectivity index (χ2n) is 3.52. The van der Waals surface area contributed by atoms with Crippen molar-refractivity contribution in [2.45, 2.75) is 25.7 Å². The fourth-order valence-electron chi connectivity index (χ4n) is 1.12. The van der Waals surface area contributed by atoms with E-state index >= 15 is 0 Å². The van der Waals surface area contributed by atoms with Gasteiger partial charge in [-0.2, -0.15) is 0 Å². The number of nitrogens with one attached hydrogen (secondary N) is 1. The lowest BCUT2D eigenvalue weighted by Gasteiger charge is -2.03. The Bertz CT molecular complexity index is 214. The molecular formula is C9H21NO3S. The Hall–Kier alpha value is -0.130. The monoisotopic (exact) mass is 223 g/mol. The van der Waals surface area contributed by atoms with Gasteiger partial charge in [0.05, 0.1) is 5.75 Å². The summed E-state index contributed by atoms with van der Waals surface area (Å²) < 4.78 is 21.5. The minimum Gasteiger partial charge on any atom is -0.396 e. The molecule has 0 amide bonds. The van der Waals surface area contributed by atoms with Crippen LogP contribution in [0.2, 0.25) is 0 Å². The Labute approximate surface area is 86.6 Å². The van der Waals surface area contributed by atoms with Crippen molar-refractivity contribution in [3.8, 4) is 0 Å². The summed E-state index contributed by atoms with van der Waals surface area (Å²) >= 11 is 0. The van der Waals surface area contributed by atoms with Gasteiger partial charge in [0.1, 0.15) is 9.84 Å². The lowest BCUT2D eigenvalue weighted by Crippen LogP contribution is -2.19. The molecule has 0 aliphatic rings. The number of rotatable bonds is 9. The molecule has 0 aliphatic heterocycles. The molecule has 4 nitrogen and oxygen atoms in total. The Morgan fingerprint density at radius 1 is 1.07 bits per heavy atom. The average Bonchev–Trinajstić information content (AvgIpc) is 2.08. The van der Waals surface area contributed by atoms with E-state index in [4.69, 9.17) is 5.11 Å². The van der Waals surface area contributed by atoms with E-state index in [1.807, 2.05) is 0 Å². The van der Waals surface area contributed by atoms with Gasteiger partial charge in [-0.3, -0.25) is 0 Å². The Morgan fingerprint density at radius 3 is 2.29 bits per heavy atom. The Kier molecular flexibility index (Phi) is 8.12. The van der Waals surface area contributed by atoms with Gasteiger partial charge < -0.3 is 10.4 Å². The first-order valence-corrected chi connectivity index (χ1v) is 7.11. The smallest absolute Gasteiger partial charge is 0.147 e. The summed E-state index contributed by atoms with van der Waals surface area (Å²) in [6.45, 7) is 1.92. The molecular weight excluding hydrogens is 202 g/mol. The average molecular weight is 223 g/mol. The number of unbranched alkanes of at least 4 members (excludes halogenated alkanes) is 2. The van der Waals surface area contributed by atoms with Crippen LogP contribution in [-0.2, 0) is 9.84 Å². The second kappa shape index (κ2) is 8.20. The van der Waals surface area contributed by atoms with Crippen LogP contribution >= 0.6 is 0 Å². The lowest BCUT2D eigenvalue weighted by molar-refractivity contribution is 0.283. The Balaban J connectivity index is 3.07. The second-order valence-corrected chi connectivity index (χ2v) is 5.78. The maximum atomic E-state index is 10.7. The van der Waals surface area contributed by atoms with Crippen molar-refractivity contribution in [2.75, 3.05) is 31.7 Å². The van der Waals surface area contributed by atoms with E-state index < -0.39 is 9.84 Å². The first kappa shape index (κ1) is 13.9. The summed E-state index contributed by atoms with van der Waals surface area (Å²) in [7, 11) is -2.80. The van der Waals surface area contributed by atoms with Crippen LogP contribution in [-0.4, -0.2) is 45.2 Å². The summed E-state index contributed by atoms with van der Waals surface area (Å²) in [6, 6.07) is 0. The van der Waals surface area contributed by atoms with Crippen LogP contribution < -0.4 is 5.32 Å². The summed E-state index contributed by atoms with van der Waals surface area (Å²) in [5, 5.41) is 11.7. The van der Waals surface area contributed by atoms with Gasteiger partial charge in [-0.1, -0.05) is 0 Å². The number of hydrogen-bond donors (Lipinski definition) is 2. The van der Waals surface area contributed by atoms with Crippen LogP contribution in [0.15, 0.2) is 0 Å². The Morgan fingerprint density at radius 2 is 1.71 bits per heavy atom. The molecule has 0 aromatic heterocycles. The minimum absolute atomic E-state index is 0.258. The van der Waals surface area contributed by atoms with Crippen LogP contribution in [0.4, 0.5) is 0 Å². The molecule has 0 bridgehead atoms. The molecule has 0 atom stereocenters. The first-order valence-electron chi connectivity index (χ1n) is 5.05. The van der Waals surface area contributed by atoms with Gasteiger partial charge in [0.2, 0.25) is 0 Å². The first-order chi connectivity index (χ1) is 6.56. The van der Waals surface area contributed by atoms with E-state index in [1.165, 1.54) is 6.26 Å². The van der Waals surface area contributed by atoms with Crippen LogP contribution in [0.3, 0.4) is 0 Å². The van der Waals surface area contributed by atoms with Crippen LogP contribution in [0, 0.1) is 0 Å². The van der Waals surface area contributed by atoms with Crippen molar-refractivity contribution in [3.05, 3.63) is 0 Å². The highest BCUT2D eigenvalue weighted by Gasteiger charge is 1.99. The van der Waals surface area contributed by atoms with E-state index in [0.717, 1.165) is 32.4 Å². The van der Waals surface area contributed by atoms with E-state index in [-0.39, 0.29) is 12.4 Å². The van der Waals surface area contributed by atoms with Crippen molar-refractivity contribution in [1.82, 2.24) is 5.32 Å². The molecule has 0 unspecified atom stereocenters. The maximum absolute atomic E-state index is 10.7. The predicted molar refractivity (Wildman–Crippen MR) is 58.1 cm³/mol. The maximum Gasteiger partial charge on any atom is 0.147 e. The largest absolute Gasteiger partial charge is 0.396 e. The third-order valence-corrected chi connectivity index (χ3v) is 2.91. The number of aliphatic hydroxyl groups excluding tert-OH is 1. The van der Waals surface area contributed by atoms with Gasteiger partial charge in [-0.05, 0) is 38.8 Å². The van der Waals surface area contributed by atoms with Gasteiger partial charge in [-0.15, -0.1) is 0 Å². The highest BCUT2D eigenvalue weighted by molar-refractivity contribution is 7.90. The quantitative estimate of drug-likeness (QED) is 0.547. The molecule has 0 aliphatic carbocycles. The van der Waals surface area contributed by atoms with Crippen molar-refractivity contribution < 1.29 is 13.5 Å². The zero-order valence-corrected chi connectivity index (χ0v) is 9.65. The van der Waals surface area contributed by atoms with Gasteiger partial charge in [0.15, 0.2) is 0 Å².